The molecule has 5 heteroatoms. The fourth-order valence-corrected chi connectivity index (χ4v) is 4.93. The van der Waals surface area contributed by atoms with Crippen LogP contribution in [0.4, 0.5) is 0 Å². The predicted molar refractivity (Wildman–Crippen MR) is 129 cm³/mol. The van der Waals surface area contributed by atoms with Crippen LogP contribution in [0.2, 0.25) is 0 Å². The summed E-state index contributed by atoms with van der Waals surface area (Å²) in [4.78, 5) is 19.7. The van der Waals surface area contributed by atoms with Gasteiger partial charge in [-0.2, -0.15) is 0 Å². The third-order valence-electron chi connectivity index (χ3n) is 6.74. The Bertz CT molecular complexity index is 1060. The van der Waals surface area contributed by atoms with E-state index >= 15 is 0 Å². The summed E-state index contributed by atoms with van der Waals surface area (Å²) in [6.45, 7) is 2.90. The minimum atomic E-state index is -0.0221. The van der Waals surface area contributed by atoms with E-state index in [-0.39, 0.29) is 18.1 Å². The van der Waals surface area contributed by atoms with Crippen molar-refractivity contribution in [2.45, 2.75) is 50.8 Å². The van der Waals surface area contributed by atoms with Gasteiger partial charge in [-0.1, -0.05) is 30.3 Å². The summed E-state index contributed by atoms with van der Waals surface area (Å²) >= 11 is 0. The first-order valence-corrected chi connectivity index (χ1v) is 12.0. The predicted octanol–water partition coefficient (Wildman–Crippen LogP) is 4.93. The van der Waals surface area contributed by atoms with Crippen LogP contribution in [-0.2, 0) is 13.0 Å². The molecular weight excluding hydrogens is 410 g/mol. The highest BCUT2D eigenvalue weighted by Gasteiger charge is 2.23. The van der Waals surface area contributed by atoms with Crippen LogP contribution in [0.25, 0.3) is 0 Å². The van der Waals surface area contributed by atoms with Crippen LogP contribution in [-0.4, -0.2) is 35.0 Å². The van der Waals surface area contributed by atoms with Crippen molar-refractivity contribution in [1.29, 1.82) is 0 Å². The number of aromatic nitrogens is 1. The van der Waals surface area contributed by atoms with Gasteiger partial charge in [0.25, 0.3) is 5.91 Å². The van der Waals surface area contributed by atoms with Gasteiger partial charge in [-0.25, -0.2) is 0 Å². The molecule has 170 valence electrons. The highest BCUT2D eigenvalue weighted by Crippen LogP contribution is 2.30. The van der Waals surface area contributed by atoms with Gasteiger partial charge < -0.3 is 10.1 Å². The zero-order chi connectivity index (χ0) is 22.5. The zero-order valence-corrected chi connectivity index (χ0v) is 19.0. The van der Waals surface area contributed by atoms with Gasteiger partial charge in [0, 0.05) is 31.4 Å². The van der Waals surface area contributed by atoms with Crippen molar-refractivity contribution in [3.8, 4) is 5.75 Å². The normalized spacial score (nSPS) is 19.0. The van der Waals surface area contributed by atoms with E-state index in [1.54, 1.807) is 0 Å². The van der Waals surface area contributed by atoms with Gasteiger partial charge in [0.2, 0.25) is 0 Å². The number of benzene rings is 2. The third-order valence-corrected chi connectivity index (χ3v) is 6.74. The van der Waals surface area contributed by atoms with Crippen molar-refractivity contribution in [3.05, 3.63) is 95.3 Å². The molecule has 2 aliphatic rings. The first-order chi connectivity index (χ1) is 16.2. The number of rotatable bonds is 6. The summed E-state index contributed by atoms with van der Waals surface area (Å²) in [6, 6.07) is 22.2. The molecule has 1 unspecified atom stereocenters. The van der Waals surface area contributed by atoms with E-state index in [9.17, 15) is 4.79 Å². The SMILES string of the molecule is O=C(NC1CCCc2ccccc21)c1ccc(OC2CCN(Cc3ccccn3)CC2)cc1. The molecule has 0 radical (unpaired) electrons. The molecule has 1 amide bonds. The van der Waals surface area contributed by atoms with Crippen LogP contribution in [0.1, 0.15) is 58.9 Å². The first kappa shape index (κ1) is 21.7. The standard InChI is InChI=1S/C28H31N3O2/c32-28(30-27-10-5-7-21-6-1-2-9-26(21)27)22-11-13-24(14-12-22)33-25-15-18-31(19-16-25)20-23-8-3-4-17-29-23/h1-4,6,8-9,11-14,17,25,27H,5,7,10,15-16,18-20H2,(H,30,32). The van der Waals surface area contributed by atoms with Gasteiger partial charge >= 0.3 is 0 Å². The number of nitrogens with one attached hydrogen (secondary N) is 1. The zero-order valence-electron chi connectivity index (χ0n) is 19.0. The summed E-state index contributed by atoms with van der Waals surface area (Å²) in [5.41, 5.74) is 4.40. The minimum absolute atomic E-state index is 0.0221. The number of pyridine rings is 1. The van der Waals surface area contributed by atoms with Gasteiger partial charge in [0.1, 0.15) is 11.9 Å². The van der Waals surface area contributed by atoms with E-state index in [2.05, 4.69) is 45.5 Å². The van der Waals surface area contributed by atoms with Crippen molar-refractivity contribution in [2.24, 2.45) is 0 Å². The lowest BCUT2D eigenvalue weighted by Crippen LogP contribution is -2.38. The molecule has 1 N–H and O–H groups in total. The molecule has 1 aromatic heterocycles. The summed E-state index contributed by atoms with van der Waals surface area (Å²) in [5.74, 6) is 0.809. The minimum Gasteiger partial charge on any atom is -0.490 e. The molecule has 1 aliphatic carbocycles. The molecule has 0 saturated carbocycles. The van der Waals surface area contributed by atoms with E-state index in [0.29, 0.717) is 5.56 Å². The maximum atomic E-state index is 12.8. The van der Waals surface area contributed by atoms with Crippen LogP contribution in [0, 0.1) is 0 Å². The molecule has 0 bridgehead atoms. The Balaban J connectivity index is 1.12. The summed E-state index contributed by atoms with van der Waals surface area (Å²) in [5, 5.41) is 3.23. The number of carbonyl (C=O) groups is 1. The second kappa shape index (κ2) is 10.2. The molecule has 1 saturated heterocycles. The first-order valence-electron chi connectivity index (χ1n) is 12.0. The number of ether oxygens (including phenoxy) is 1. The van der Waals surface area contributed by atoms with Gasteiger partial charge in [-0.15, -0.1) is 0 Å². The number of aryl methyl sites for hydroxylation is 1. The molecule has 1 aliphatic heterocycles. The Morgan fingerprint density at radius 2 is 1.76 bits per heavy atom. The maximum Gasteiger partial charge on any atom is 0.251 e. The number of likely N-dealkylation sites (tertiary alicyclic amines) is 1. The lowest BCUT2D eigenvalue weighted by Gasteiger charge is -2.32. The topological polar surface area (TPSA) is 54.5 Å². The number of hydrogen-bond donors (Lipinski definition) is 1. The monoisotopic (exact) mass is 441 g/mol. The smallest absolute Gasteiger partial charge is 0.251 e. The second-order valence-electron chi connectivity index (χ2n) is 9.06. The lowest BCUT2D eigenvalue weighted by atomic mass is 9.87. The second-order valence-corrected chi connectivity index (χ2v) is 9.06. The highest BCUT2D eigenvalue weighted by atomic mass is 16.5. The van der Waals surface area contributed by atoms with Crippen molar-refractivity contribution < 1.29 is 9.53 Å². The molecule has 33 heavy (non-hydrogen) atoms. The van der Waals surface area contributed by atoms with Crippen molar-refractivity contribution >= 4 is 5.91 Å². The summed E-state index contributed by atoms with van der Waals surface area (Å²) < 4.78 is 6.21. The Labute approximate surface area is 195 Å². The van der Waals surface area contributed by atoms with Crippen molar-refractivity contribution in [1.82, 2.24) is 15.2 Å². The van der Waals surface area contributed by atoms with Crippen LogP contribution in [0.5, 0.6) is 5.75 Å². The number of amides is 1. The lowest BCUT2D eigenvalue weighted by molar-refractivity contribution is 0.0931. The van der Waals surface area contributed by atoms with Crippen molar-refractivity contribution in [2.75, 3.05) is 13.1 Å². The summed E-state index contributed by atoms with van der Waals surface area (Å²) in [6.07, 6.45) is 7.24. The Morgan fingerprint density at radius 3 is 2.55 bits per heavy atom. The number of nitrogens with zero attached hydrogens (tertiary/aromatic N) is 2. The van der Waals surface area contributed by atoms with Gasteiger partial charge in [-0.05, 0) is 79.6 Å². The van der Waals surface area contributed by atoms with E-state index < -0.39 is 0 Å². The van der Waals surface area contributed by atoms with E-state index in [1.165, 1.54) is 11.1 Å². The Hall–Kier alpha value is -3.18. The molecule has 1 atom stereocenters. The molecule has 3 aromatic rings. The summed E-state index contributed by atoms with van der Waals surface area (Å²) in [7, 11) is 0. The quantitative estimate of drug-likeness (QED) is 0.589. The van der Waals surface area contributed by atoms with Crippen LogP contribution in [0.15, 0.2) is 72.9 Å². The third kappa shape index (κ3) is 5.42. The molecule has 5 nitrogen and oxygen atoms in total. The largest absolute Gasteiger partial charge is 0.490 e. The Kier molecular flexibility index (Phi) is 6.68. The molecule has 5 rings (SSSR count). The number of fused-ring (bicyclic) bond motifs is 1. The molecule has 2 heterocycles. The van der Waals surface area contributed by atoms with E-state index in [1.807, 2.05) is 42.6 Å². The Morgan fingerprint density at radius 1 is 0.970 bits per heavy atom. The molecule has 1 fully saturated rings. The number of piperidine rings is 1. The highest BCUT2D eigenvalue weighted by molar-refractivity contribution is 5.94. The van der Waals surface area contributed by atoms with E-state index in [4.69, 9.17) is 4.74 Å². The van der Waals surface area contributed by atoms with Crippen molar-refractivity contribution in [3.63, 3.8) is 0 Å². The average Bonchev–Trinajstić information content (AvgIpc) is 2.86. The van der Waals surface area contributed by atoms with Crippen LogP contribution in [0.3, 0.4) is 0 Å². The average molecular weight is 442 g/mol. The number of hydrogen-bond acceptors (Lipinski definition) is 4. The van der Waals surface area contributed by atoms with Crippen LogP contribution >= 0.6 is 0 Å². The molecular formula is C28H31N3O2. The van der Waals surface area contributed by atoms with Gasteiger partial charge in [0.05, 0.1) is 11.7 Å². The molecule has 0 spiro atoms. The van der Waals surface area contributed by atoms with Crippen LogP contribution < -0.4 is 10.1 Å². The maximum absolute atomic E-state index is 12.8. The fraction of sp³-hybridized carbons (Fsp3) is 0.357. The van der Waals surface area contributed by atoms with Gasteiger partial charge in [0.15, 0.2) is 0 Å². The van der Waals surface area contributed by atoms with Gasteiger partial charge in [-0.3, -0.25) is 14.7 Å². The fourth-order valence-electron chi connectivity index (χ4n) is 4.93. The van der Waals surface area contributed by atoms with E-state index in [0.717, 1.165) is 63.2 Å². The number of carbonyl (C=O) groups excluding carboxylic acids is 1. The molecule has 2 aromatic carbocycles.